The standard InChI is InChI=1S/C17H16N2O2S/c18-13-8-4-5-9-14(13)22-15-10-16(20)19(17(15)21)11-12-6-2-1-3-7-12/h1-9,15H,10-11,18H2/t15-/m1/s1. The van der Waals surface area contributed by atoms with Gasteiger partial charge >= 0.3 is 0 Å². The van der Waals surface area contributed by atoms with Gasteiger partial charge in [-0.1, -0.05) is 42.5 Å². The molecule has 3 rings (SSSR count). The molecule has 2 amide bonds. The molecular weight excluding hydrogens is 296 g/mol. The maximum atomic E-state index is 12.5. The summed E-state index contributed by atoms with van der Waals surface area (Å²) >= 11 is 1.37. The smallest absolute Gasteiger partial charge is 0.243 e. The second-order valence-electron chi connectivity index (χ2n) is 5.15. The molecule has 112 valence electrons. The number of nitrogen functional groups attached to an aromatic ring is 1. The van der Waals surface area contributed by atoms with E-state index in [-0.39, 0.29) is 23.5 Å². The molecule has 1 aliphatic heterocycles. The van der Waals surface area contributed by atoms with Crippen LogP contribution in [0, 0.1) is 0 Å². The van der Waals surface area contributed by atoms with Gasteiger partial charge in [-0.2, -0.15) is 0 Å². The molecule has 1 heterocycles. The fourth-order valence-electron chi connectivity index (χ4n) is 2.42. The highest BCUT2D eigenvalue weighted by atomic mass is 32.2. The zero-order valence-corrected chi connectivity index (χ0v) is 12.8. The Bertz CT molecular complexity index is 703. The van der Waals surface area contributed by atoms with Crippen molar-refractivity contribution < 1.29 is 9.59 Å². The fourth-order valence-corrected chi connectivity index (χ4v) is 3.54. The van der Waals surface area contributed by atoms with Crippen molar-refractivity contribution in [2.45, 2.75) is 23.1 Å². The van der Waals surface area contributed by atoms with Gasteiger partial charge in [0.2, 0.25) is 11.8 Å². The molecule has 0 saturated carbocycles. The summed E-state index contributed by atoms with van der Waals surface area (Å²) in [5.41, 5.74) is 7.49. The van der Waals surface area contributed by atoms with Crippen molar-refractivity contribution in [2.75, 3.05) is 5.73 Å². The number of anilines is 1. The summed E-state index contributed by atoms with van der Waals surface area (Å²) in [6, 6.07) is 16.9. The summed E-state index contributed by atoms with van der Waals surface area (Å²) in [7, 11) is 0. The van der Waals surface area contributed by atoms with Crippen LogP contribution < -0.4 is 5.73 Å². The summed E-state index contributed by atoms with van der Waals surface area (Å²) in [6.45, 7) is 0.333. The van der Waals surface area contributed by atoms with Crippen LogP contribution in [-0.4, -0.2) is 22.0 Å². The first kappa shape index (κ1) is 14.7. The van der Waals surface area contributed by atoms with E-state index in [1.807, 2.05) is 48.5 Å². The molecule has 0 radical (unpaired) electrons. The highest BCUT2D eigenvalue weighted by Crippen LogP contribution is 2.34. The van der Waals surface area contributed by atoms with Crippen molar-refractivity contribution in [1.82, 2.24) is 4.90 Å². The van der Waals surface area contributed by atoms with Gasteiger partial charge in [0.1, 0.15) is 0 Å². The molecule has 0 spiro atoms. The lowest BCUT2D eigenvalue weighted by molar-refractivity contribution is -0.138. The molecular formula is C17H16N2O2S. The van der Waals surface area contributed by atoms with Gasteiger partial charge in [-0.15, -0.1) is 11.8 Å². The molecule has 1 atom stereocenters. The zero-order valence-electron chi connectivity index (χ0n) is 11.9. The Morgan fingerprint density at radius 2 is 1.73 bits per heavy atom. The second-order valence-corrected chi connectivity index (χ2v) is 6.40. The second kappa shape index (κ2) is 6.23. The number of likely N-dealkylation sites (tertiary alicyclic amines) is 1. The van der Waals surface area contributed by atoms with Crippen LogP contribution in [0.4, 0.5) is 5.69 Å². The molecule has 5 heteroatoms. The zero-order chi connectivity index (χ0) is 15.5. The third-order valence-electron chi connectivity index (χ3n) is 3.57. The molecule has 1 saturated heterocycles. The summed E-state index contributed by atoms with van der Waals surface area (Å²) in [5.74, 6) is -0.261. The van der Waals surface area contributed by atoms with Gasteiger partial charge in [0.15, 0.2) is 0 Å². The first-order valence-corrected chi connectivity index (χ1v) is 7.92. The Hall–Kier alpha value is -2.27. The number of nitrogens with two attached hydrogens (primary N) is 1. The third-order valence-corrected chi connectivity index (χ3v) is 4.85. The quantitative estimate of drug-likeness (QED) is 0.696. The van der Waals surface area contributed by atoms with Crippen LogP contribution in [0.5, 0.6) is 0 Å². The lowest BCUT2D eigenvalue weighted by Gasteiger charge is -2.15. The molecule has 1 fully saturated rings. The molecule has 4 nitrogen and oxygen atoms in total. The average Bonchev–Trinajstić information content (AvgIpc) is 2.78. The van der Waals surface area contributed by atoms with E-state index in [0.717, 1.165) is 10.5 Å². The van der Waals surface area contributed by atoms with E-state index in [4.69, 9.17) is 5.73 Å². The highest BCUT2D eigenvalue weighted by molar-refractivity contribution is 8.00. The molecule has 0 aliphatic carbocycles. The summed E-state index contributed by atoms with van der Waals surface area (Å²) in [4.78, 5) is 26.8. The molecule has 2 aromatic carbocycles. The van der Waals surface area contributed by atoms with E-state index in [9.17, 15) is 9.59 Å². The highest BCUT2D eigenvalue weighted by Gasteiger charge is 2.39. The minimum absolute atomic E-state index is 0.124. The van der Waals surface area contributed by atoms with Gasteiger partial charge < -0.3 is 5.73 Å². The first-order valence-electron chi connectivity index (χ1n) is 7.04. The van der Waals surface area contributed by atoms with Crippen molar-refractivity contribution in [2.24, 2.45) is 0 Å². The van der Waals surface area contributed by atoms with E-state index in [1.54, 1.807) is 6.07 Å². The Morgan fingerprint density at radius 3 is 2.45 bits per heavy atom. The molecule has 22 heavy (non-hydrogen) atoms. The number of rotatable bonds is 4. The van der Waals surface area contributed by atoms with Crippen LogP contribution in [0.3, 0.4) is 0 Å². The Morgan fingerprint density at radius 1 is 1.05 bits per heavy atom. The molecule has 2 aromatic rings. The van der Waals surface area contributed by atoms with Gasteiger partial charge in [-0.05, 0) is 17.7 Å². The predicted octanol–water partition coefficient (Wildman–Crippen LogP) is 2.69. The van der Waals surface area contributed by atoms with Crippen molar-refractivity contribution >= 4 is 29.3 Å². The number of benzene rings is 2. The summed E-state index contributed by atoms with van der Waals surface area (Å²) < 4.78 is 0. The fraction of sp³-hybridized carbons (Fsp3) is 0.176. The first-order chi connectivity index (χ1) is 10.6. The van der Waals surface area contributed by atoms with Crippen molar-refractivity contribution in [1.29, 1.82) is 0 Å². The minimum atomic E-state index is -0.388. The van der Waals surface area contributed by atoms with Crippen molar-refractivity contribution in [3.63, 3.8) is 0 Å². The molecule has 0 unspecified atom stereocenters. The number of hydrogen-bond donors (Lipinski definition) is 1. The molecule has 2 N–H and O–H groups in total. The third kappa shape index (κ3) is 2.99. The van der Waals surface area contributed by atoms with Crippen molar-refractivity contribution in [3.05, 3.63) is 60.2 Å². The number of carbonyl (C=O) groups excluding carboxylic acids is 2. The number of amides is 2. The van der Waals surface area contributed by atoms with Gasteiger partial charge in [0.25, 0.3) is 0 Å². The van der Waals surface area contributed by atoms with Crippen molar-refractivity contribution in [3.8, 4) is 0 Å². The lowest BCUT2D eigenvalue weighted by atomic mass is 10.2. The number of imide groups is 1. The van der Waals surface area contributed by atoms with Gasteiger partial charge in [0, 0.05) is 17.0 Å². The number of carbonyl (C=O) groups is 2. The Labute approximate surface area is 133 Å². The predicted molar refractivity (Wildman–Crippen MR) is 87.1 cm³/mol. The number of para-hydroxylation sites is 1. The van der Waals surface area contributed by atoms with E-state index in [1.165, 1.54) is 16.7 Å². The van der Waals surface area contributed by atoms with Gasteiger partial charge in [0.05, 0.1) is 11.8 Å². The Balaban J connectivity index is 1.73. The van der Waals surface area contributed by atoms with Gasteiger partial charge in [-0.25, -0.2) is 0 Å². The minimum Gasteiger partial charge on any atom is -0.398 e. The van der Waals surface area contributed by atoms with Crippen LogP contribution in [0.15, 0.2) is 59.5 Å². The van der Waals surface area contributed by atoms with E-state index in [2.05, 4.69) is 0 Å². The monoisotopic (exact) mass is 312 g/mol. The Kier molecular flexibility index (Phi) is 4.15. The molecule has 0 bridgehead atoms. The summed E-state index contributed by atoms with van der Waals surface area (Å²) in [6.07, 6.45) is 0.227. The largest absolute Gasteiger partial charge is 0.398 e. The van der Waals surface area contributed by atoms with Crippen LogP contribution >= 0.6 is 11.8 Å². The number of hydrogen-bond acceptors (Lipinski definition) is 4. The van der Waals surface area contributed by atoms with Crippen LogP contribution in [0.25, 0.3) is 0 Å². The van der Waals surface area contributed by atoms with Crippen LogP contribution in [0.1, 0.15) is 12.0 Å². The van der Waals surface area contributed by atoms with Crippen LogP contribution in [0.2, 0.25) is 0 Å². The van der Waals surface area contributed by atoms with Crippen LogP contribution in [-0.2, 0) is 16.1 Å². The average molecular weight is 312 g/mol. The molecule has 1 aliphatic rings. The maximum Gasteiger partial charge on any atom is 0.243 e. The number of thioether (sulfide) groups is 1. The summed E-state index contributed by atoms with van der Waals surface area (Å²) in [5, 5.41) is -0.388. The van der Waals surface area contributed by atoms with E-state index >= 15 is 0 Å². The number of nitrogens with zero attached hydrogens (tertiary/aromatic N) is 1. The SMILES string of the molecule is Nc1ccccc1S[C@@H]1CC(=O)N(Cc2ccccc2)C1=O. The maximum absolute atomic E-state index is 12.5. The van der Waals surface area contributed by atoms with E-state index < -0.39 is 0 Å². The molecule has 0 aromatic heterocycles. The van der Waals surface area contributed by atoms with E-state index in [0.29, 0.717) is 12.2 Å². The van der Waals surface area contributed by atoms with Gasteiger partial charge in [-0.3, -0.25) is 14.5 Å². The normalized spacial score (nSPS) is 18.0. The topological polar surface area (TPSA) is 63.4 Å². The lowest BCUT2D eigenvalue weighted by Crippen LogP contribution is -2.30.